The van der Waals surface area contributed by atoms with Crippen molar-refractivity contribution in [2.45, 2.75) is 24.6 Å². The molecule has 1 aromatic carbocycles. The molecule has 0 spiro atoms. The van der Waals surface area contributed by atoms with E-state index in [0.717, 1.165) is 0 Å². The van der Waals surface area contributed by atoms with E-state index in [1.165, 1.54) is 4.31 Å². The number of likely N-dealkylation sites (N-methyl/N-ethyl adjacent to an activating group) is 1. The van der Waals surface area contributed by atoms with Gasteiger partial charge in [-0.15, -0.1) is 11.6 Å². The van der Waals surface area contributed by atoms with Crippen LogP contribution in [0.5, 0.6) is 5.75 Å². The Balaban J connectivity index is 3.12. The summed E-state index contributed by atoms with van der Waals surface area (Å²) in [4.78, 5) is 0.222. The molecule has 0 bridgehead atoms. The van der Waals surface area contributed by atoms with Crippen LogP contribution in [0.3, 0.4) is 0 Å². The highest BCUT2D eigenvalue weighted by molar-refractivity contribution is 7.89. The lowest BCUT2D eigenvalue weighted by Gasteiger charge is -2.21. The summed E-state index contributed by atoms with van der Waals surface area (Å²) in [6.07, 6.45) is 0. The SMILES string of the molecule is CCOc1ccc(S(=O)(=O)N(CC)CCOC)cc1CCl. The van der Waals surface area contributed by atoms with Crippen LogP contribution in [0, 0.1) is 0 Å². The third-order valence-electron chi connectivity index (χ3n) is 3.01. The maximum atomic E-state index is 12.6. The van der Waals surface area contributed by atoms with E-state index >= 15 is 0 Å². The fourth-order valence-corrected chi connectivity index (χ4v) is 3.60. The minimum Gasteiger partial charge on any atom is -0.494 e. The number of alkyl halides is 1. The molecule has 0 aromatic heterocycles. The molecule has 0 atom stereocenters. The average Bonchev–Trinajstić information content (AvgIpc) is 2.48. The van der Waals surface area contributed by atoms with Crippen LogP contribution >= 0.6 is 11.6 Å². The molecule has 1 aromatic rings. The molecule has 0 aliphatic carbocycles. The second-order valence-electron chi connectivity index (χ2n) is 4.33. The normalized spacial score (nSPS) is 11.9. The van der Waals surface area contributed by atoms with E-state index in [9.17, 15) is 8.42 Å². The zero-order valence-corrected chi connectivity index (χ0v) is 14.2. The summed E-state index contributed by atoms with van der Waals surface area (Å²) in [5, 5.41) is 0. The van der Waals surface area contributed by atoms with Gasteiger partial charge in [0.25, 0.3) is 0 Å². The molecule has 120 valence electrons. The summed E-state index contributed by atoms with van der Waals surface area (Å²) in [5.74, 6) is 0.814. The zero-order valence-electron chi connectivity index (χ0n) is 12.6. The molecule has 5 nitrogen and oxygen atoms in total. The molecule has 0 unspecified atom stereocenters. The molecule has 0 amide bonds. The lowest BCUT2D eigenvalue weighted by Crippen LogP contribution is -2.33. The highest BCUT2D eigenvalue weighted by Gasteiger charge is 2.23. The Morgan fingerprint density at radius 2 is 2.00 bits per heavy atom. The predicted molar refractivity (Wildman–Crippen MR) is 83.5 cm³/mol. The number of nitrogens with zero attached hydrogens (tertiary/aromatic N) is 1. The van der Waals surface area contributed by atoms with E-state index in [0.29, 0.717) is 37.6 Å². The summed E-state index contributed by atoms with van der Waals surface area (Å²) >= 11 is 5.88. The van der Waals surface area contributed by atoms with Crippen molar-refractivity contribution in [3.05, 3.63) is 23.8 Å². The first-order chi connectivity index (χ1) is 10.0. The molecule has 0 radical (unpaired) electrons. The number of benzene rings is 1. The topological polar surface area (TPSA) is 55.8 Å². The monoisotopic (exact) mass is 335 g/mol. The van der Waals surface area contributed by atoms with Crippen molar-refractivity contribution in [1.82, 2.24) is 4.31 Å². The number of ether oxygens (including phenoxy) is 2. The molecule has 0 aliphatic rings. The summed E-state index contributed by atoms with van der Waals surface area (Å²) in [5.41, 5.74) is 0.669. The van der Waals surface area contributed by atoms with E-state index in [-0.39, 0.29) is 10.8 Å². The van der Waals surface area contributed by atoms with Crippen molar-refractivity contribution in [3.63, 3.8) is 0 Å². The van der Waals surface area contributed by atoms with Crippen LogP contribution < -0.4 is 4.74 Å². The molecular formula is C14H22ClNO4S. The van der Waals surface area contributed by atoms with Crippen molar-refractivity contribution in [2.24, 2.45) is 0 Å². The van der Waals surface area contributed by atoms with Gasteiger partial charge in [0.15, 0.2) is 0 Å². The molecule has 7 heteroatoms. The molecule has 0 heterocycles. The standard InChI is InChI=1S/C14H22ClNO4S/c1-4-16(8-9-19-3)21(17,18)13-6-7-14(20-5-2)12(10-13)11-15/h6-7,10H,4-5,8-9,11H2,1-3H3. The number of sulfonamides is 1. The van der Waals surface area contributed by atoms with Gasteiger partial charge in [-0.2, -0.15) is 4.31 Å². The van der Waals surface area contributed by atoms with Crippen LogP contribution in [0.15, 0.2) is 23.1 Å². The predicted octanol–water partition coefficient (Wildman–Crippen LogP) is 2.48. The van der Waals surface area contributed by atoms with E-state index < -0.39 is 10.0 Å². The van der Waals surface area contributed by atoms with Crippen molar-refractivity contribution in [2.75, 3.05) is 33.4 Å². The second kappa shape index (κ2) is 8.58. The first-order valence-electron chi connectivity index (χ1n) is 6.82. The Kier molecular flexibility index (Phi) is 7.45. The van der Waals surface area contributed by atoms with Gasteiger partial charge in [0.05, 0.1) is 24.0 Å². The van der Waals surface area contributed by atoms with E-state index in [4.69, 9.17) is 21.1 Å². The van der Waals surface area contributed by atoms with Gasteiger partial charge in [-0.25, -0.2) is 8.42 Å². The maximum absolute atomic E-state index is 12.6. The van der Waals surface area contributed by atoms with Crippen molar-refractivity contribution in [1.29, 1.82) is 0 Å². The maximum Gasteiger partial charge on any atom is 0.243 e. The third kappa shape index (κ3) is 4.57. The molecule has 0 N–H and O–H groups in total. The summed E-state index contributed by atoms with van der Waals surface area (Å²) in [6.45, 7) is 5.22. The van der Waals surface area contributed by atoms with Gasteiger partial charge in [-0.1, -0.05) is 6.92 Å². The number of hydrogen-bond acceptors (Lipinski definition) is 4. The molecule has 1 rings (SSSR count). The van der Waals surface area contributed by atoms with Crippen LogP contribution in [0.1, 0.15) is 19.4 Å². The van der Waals surface area contributed by atoms with Crippen molar-refractivity contribution >= 4 is 21.6 Å². The molecule has 0 saturated carbocycles. The Bertz CT molecular complexity index is 548. The van der Waals surface area contributed by atoms with Crippen LogP contribution in [0.25, 0.3) is 0 Å². The highest BCUT2D eigenvalue weighted by Crippen LogP contribution is 2.26. The van der Waals surface area contributed by atoms with E-state index in [1.807, 2.05) is 6.92 Å². The number of methoxy groups -OCH3 is 1. The summed E-state index contributed by atoms with van der Waals surface area (Å²) < 4.78 is 37.0. The largest absolute Gasteiger partial charge is 0.494 e. The van der Waals surface area contributed by atoms with Crippen LogP contribution in [0.2, 0.25) is 0 Å². The highest BCUT2D eigenvalue weighted by atomic mass is 35.5. The van der Waals surface area contributed by atoms with Crippen LogP contribution in [0.4, 0.5) is 0 Å². The van der Waals surface area contributed by atoms with Crippen molar-refractivity contribution in [3.8, 4) is 5.75 Å². The number of rotatable bonds is 9. The Morgan fingerprint density at radius 3 is 2.52 bits per heavy atom. The molecular weight excluding hydrogens is 314 g/mol. The van der Waals surface area contributed by atoms with Crippen molar-refractivity contribution < 1.29 is 17.9 Å². The summed E-state index contributed by atoms with van der Waals surface area (Å²) in [7, 11) is -2.00. The molecule has 0 saturated heterocycles. The Hall–Kier alpha value is -0.820. The average molecular weight is 336 g/mol. The van der Waals surface area contributed by atoms with Gasteiger partial charge in [0, 0.05) is 25.8 Å². The lowest BCUT2D eigenvalue weighted by atomic mass is 10.2. The second-order valence-corrected chi connectivity index (χ2v) is 6.53. The smallest absolute Gasteiger partial charge is 0.243 e. The fraction of sp³-hybridized carbons (Fsp3) is 0.571. The molecule has 0 fully saturated rings. The van der Waals surface area contributed by atoms with Gasteiger partial charge >= 0.3 is 0 Å². The van der Waals surface area contributed by atoms with E-state index in [2.05, 4.69) is 0 Å². The lowest BCUT2D eigenvalue weighted by molar-refractivity contribution is 0.180. The first-order valence-corrected chi connectivity index (χ1v) is 8.79. The third-order valence-corrected chi connectivity index (χ3v) is 5.27. The quantitative estimate of drug-likeness (QED) is 0.651. The molecule has 21 heavy (non-hydrogen) atoms. The number of halogens is 1. The van der Waals surface area contributed by atoms with Gasteiger partial charge < -0.3 is 9.47 Å². The molecule has 0 aliphatic heterocycles. The number of hydrogen-bond donors (Lipinski definition) is 0. The van der Waals surface area contributed by atoms with Gasteiger partial charge in [0.1, 0.15) is 5.75 Å². The minimum absolute atomic E-state index is 0.197. The van der Waals surface area contributed by atoms with Gasteiger partial charge in [-0.3, -0.25) is 0 Å². The minimum atomic E-state index is -3.55. The first kappa shape index (κ1) is 18.2. The van der Waals surface area contributed by atoms with Gasteiger partial charge in [-0.05, 0) is 25.1 Å². The zero-order chi connectivity index (χ0) is 15.9. The van der Waals surface area contributed by atoms with Crippen LogP contribution in [-0.4, -0.2) is 46.1 Å². The Morgan fingerprint density at radius 1 is 1.29 bits per heavy atom. The van der Waals surface area contributed by atoms with E-state index in [1.54, 1.807) is 32.2 Å². The fourth-order valence-electron chi connectivity index (χ4n) is 1.91. The van der Waals surface area contributed by atoms with Crippen LogP contribution in [-0.2, 0) is 20.6 Å². The Labute approximate surface area is 131 Å². The summed E-state index contributed by atoms with van der Waals surface area (Å²) in [6, 6.07) is 4.77. The van der Waals surface area contributed by atoms with Gasteiger partial charge in [0.2, 0.25) is 10.0 Å².